The Labute approximate surface area is 111 Å². The van der Waals surface area contributed by atoms with Crippen LogP contribution in [0, 0.1) is 0 Å². The van der Waals surface area contributed by atoms with Crippen molar-refractivity contribution in [3.8, 4) is 0 Å². The number of hydrogen-bond donors (Lipinski definition) is 0. The lowest BCUT2D eigenvalue weighted by atomic mass is 9.50. The van der Waals surface area contributed by atoms with E-state index in [1.54, 1.807) is 0 Å². The maximum atomic E-state index is 2.34. The molecule has 2 aromatic carbocycles. The highest BCUT2D eigenvalue weighted by Crippen LogP contribution is 2.49. The second-order valence-corrected chi connectivity index (χ2v) is 6.11. The van der Waals surface area contributed by atoms with E-state index in [0.717, 1.165) is 0 Å². The van der Waals surface area contributed by atoms with E-state index in [2.05, 4.69) is 89.3 Å². The first-order chi connectivity index (χ1) is 8.46. The van der Waals surface area contributed by atoms with Crippen LogP contribution in [0.2, 0.25) is 5.31 Å². The van der Waals surface area contributed by atoms with Gasteiger partial charge in [0, 0.05) is 5.41 Å². The second kappa shape index (κ2) is 4.64. The summed E-state index contributed by atoms with van der Waals surface area (Å²) in [5.41, 5.74) is 2.78. The Bertz CT molecular complexity index is 455. The van der Waals surface area contributed by atoms with Crippen molar-refractivity contribution in [3.63, 3.8) is 0 Å². The molecule has 0 aromatic heterocycles. The van der Waals surface area contributed by atoms with Gasteiger partial charge in [0.15, 0.2) is 0 Å². The van der Waals surface area contributed by atoms with Crippen LogP contribution in [0.15, 0.2) is 60.7 Å². The lowest BCUT2D eigenvalue weighted by Crippen LogP contribution is -2.35. The monoisotopic (exact) mass is 236 g/mol. The molecule has 0 amide bonds. The van der Waals surface area contributed by atoms with Crippen molar-refractivity contribution in [2.24, 2.45) is 0 Å². The Morgan fingerprint density at radius 1 is 0.667 bits per heavy atom. The minimum atomic E-state index is 0.0233. The van der Waals surface area contributed by atoms with Gasteiger partial charge in [-0.05, 0) is 11.1 Å². The Morgan fingerprint density at radius 2 is 1.00 bits per heavy atom. The summed E-state index contributed by atoms with van der Waals surface area (Å²) in [6.45, 7) is 6.97. The molecule has 0 bridgehead atoms. The van der Waals surface area contributed by atoms with Gasteiger partial charge in [-0.15, -0.1) is 0 Å². The Kier molecular flexibility index (Phi) is 3.34. The molecule has 0 fully saturated rings. The van der Waals surface area contributed by atoms with Gasteiger partial charge in [0.2, 0.25) is 0 Å². The van der Waals surface area contributed by atoms with Crippen LogP contribution in [0.3, 0.4) is 0 Å². The van der Waals surface area contributed by atoms with Crippen molar-refractivity contribution >= 4 is 7.85 Å². The lowest BCUT2D eigenvalue weighted by molar-refractivity contribution is 0.427. The molecule has 0 atom stereocenters. The summed E-state index contributed by atoms with van der Waals surface area (Å²) < 4.78 is 0. The molecule has 2 aromatic rings. The van der Waals surface area contributed by atoms with Gasteiger partial charge < -0.3 is 0 Å². The summed E-state index contributed by atoms with van der Waals surface area (Å²) in [6.07, 6.45) is 0. The van der Waals surface area contributed by atoms with Gasteiger partial charge in [0.25, 0.3) is 0 Å². The van der Waals surface area contributed by atoms with Crippen LogP contribution in [-0.4, -0.2) is 7.85 Å². The maximum Gasteiger partial charge on any atom is 0.110 e. The van der Waals surface area contributed by atoms with Crippen LogP contribution in [-0.2, 0) is 5.41 Å². The number of benzene rings is 2. The first-order valence-electron chi connectivity index (χ1n) is 6.57. The zero-order valence-electron chi connectivity index (χ0n) is 11.8. The van der Waals surface area contributed by atoms with Crippen LogP contribution in [0.1, 0.15) is 31.9 Å². The molecule has 0 radical (unpaired) electrons. The number of rotatable bonds is 3. The van der Waals surface area contributed by atoms with Gasteiger partial charge in [0.05, 0.1) is 0 Å². The van der Waals surface area contributed by atoms with E-state index in [9.17, 15) is 0 Å². The number of hydrogen-bond acceptors (Lipinski definition) is 0. The summed E-state index contributed by atoms with van der Waals surface area (Å²) in [7, 11) is 2.31. The van der Waals surface area contributed by atoms with Crippen molar-refractivity contribution in [1.82, 2.24) is 0 Å². The van der Waals surface area contributed by atoms with Gasteiger partial charge in [-0.2, -0.15) is 0 Å². The van der Waals surface area contributed by atoms with Crippen molar-refractivity contribution in [2.75, 3.05) is 0 Å². The summed E-state index contributed by atoms with van der Waals surface area (Å²) in [4.78, 5) is 0. The largest absolute Gasteiger partial charge is 0.110 e. The summed E-state index contributed by atoms with van der Waals surface area (Å²) in [5.74, 6) is 0. The highest BCUT2D eigenvalue weighted by molar-refractivity contribution is 6.16. The fraction of sp³-hybridized carbons (Fsp3) is 0.294. The molecule has 2 rings (SSSR count). The van der Waals surface area contributed by atoms with Gasteiger partial charge in [-0.3, -0.25) is 0 Å². The Balaban J connectivity index is 2.63. The standard InChI is InChI=1S/C17H21B/c1-16(2,18)17(3,14-10-6-4-7-11-14)15-12-8-5-9-13-15/h4-13H,18H2,1-3H3. The second-order valence-electron chi connectivity index (χ2n) is 6.11. The fourth-order valence-corrected chi connectivity index (χ4v) is 2.58. The molecule has 18 heavy (non-hydrogen) atoms. The van der Waals surface area contributed by atoms with E-state index in [-0.39, 0.29) is 10.7 Å². The smallest absolute Gasteiger partial charge is 0.0661 e. The summed E-state index contributed by atoms with van der Waals surface area (Å²) >= 11 is 0. The van der Waals surface area contributed by atoms with Crippen molar-refractivity contribution in [2.45, 2.75) is 31.5 Å². The molecular formula is C17H21B. The van der Waals surface area contributed by atoms with E-state index < -0.39 is 0 Å². The van der Waals surface area contributed by atoms with E-state index >= 15 is 0 Å². The zero-order chi connectivity index (χ0) is 13.2. The highest BCUT2D eigenvalue weighted by Gasteiger charge is 2.39. The molecule has 1 heteroatoms. The third kappa shape index (κ3) is 2.10. The van der Waals surface area contributed by atoms with Crippen LogP contribution in [0.4, 0.5) is 0 Å². The molecule has 0 aliphatic carbocycles. The van der Waals surface area contributed by atoms with Gasteiger partial charge >= 0.3 is 0 Å². The first kappa shape index (κ1) is 12.9. The average molecular weight is 236 g/mol. The predicted octanol–water partition coefficient (Wildman–Crippen LogP) is 3.82. The van der Waals surface area contributed by atoms with Gasteiger partial charge in [-0.1, -0.05) is 86.7 Å². The molecule has 0 saturated heterocycles. The van der Waals surface area contributed by atoms with Gasteiger partial charge in [-0.25, -0.2) is 0 Å². The Hall–Kier alpha value is -1.50. The van der Waals surface area contributed by atoms with Crippen molar-refractivity contribution < 1.29 is 0 Å². The first-order valence-corrected chi connectivity index (χ1v) is 6.57. The topological polar surface area (TPSA) is 0 Å². The van der Waals surface area contributed by atoms with E-state index in [1.165, 1.54) is 11.1 Å². The van der Waals surface area contributed by atoms with E-state index in [4.69, 9.17) is 0 Å². The summed E-state index contributed by atoms with van der Waals surface area (Å²) in [5, 5.41) is 0.162. The van der Waals surface area contributed by atoms with E-state index in [1.807, 2.05) is 0 Å². The lowest BCUT2D eigenvalue weighted by Gasteiger charge is -2.43. The molecule has 0 spiro atoms. The molecule has 0 aliphatic rings. The molecule has 0 nitrogen and oxygen atoms in total. The van der Waals surface area contributed by atoms with Crippen LogP contribution in [0.5, 0.6) is 0 Å². The summed E-state index contributed by atoms with van der Waals surface area (Å²) in [6, 6.07) is 21.6. The molecule has 0 aliphatic heterocycles. The molecule has 0 unspecified atom stereocenters. The van der Waals surface area contributed by atoms with Crippen LogP contribution in [0.25, 0.3) is 0 Å². The molecule has 92 valence electrons. The molecule has 0 heterocycles. The SMILES string of the molecule is BC(C)(C)C(C)(c1ccccc1)c1ccccc1. The maximum absolute atomic E-state index is 2.34. The predicted molar refractivity (Wildman–Crippen MR) is 81.9 cm³/mol. The normalized spacial score (nSPS) is 12.4. The van der Waals surface area contributed by atoms with Crippen molar-refractivity contribution in [3.05, 3.63) is 71.8 Å². The minimum Gasteiger partial charge on any atom is -0.0661 e. The third-order valence-corrected chi connectivity index (χ3v) is 4.20. The van der Waals surface area contributed by atoms with Crippen LogP contribution >= 0.6 is 0 Å². The van der Waals surface area contributed by atoms with Crippen LogP contribution < -0.4 is 0 Å². The average Bonchev–Trinajstić information content (AvgIpc) is 2.38. The minimum absolute atomic E-state index is 0.0233. The third-order valence-electron chi connectivity index (χ3n) is 4.20. The van der Waals surface area contributed by atoms with Gasteiger partial charge in [0.1, 0.15) is 7.85 Å². The molecule has 0 saturated carbocycles. The molecular weight excluding hydrogens is 215 g/mol. The van der Waals surface area contributed by atoms with Crippen molar-refractivity contribution in [1.29, 1.82) is 0 Å². The highest BCUT2D eigenvalue weighted by atomic mass is 14.4. The quantitative estimate of drug-likeness (QED) is 0.710. The zero-order valence-corrected chi connectivity index (χ0v) is 11.8. The fourth-order valence-electron chi connectivity index (χ4n) is 2.58. The Morgan fingerprint density at radius 3 is 1.28 bits per heavy atom. The van der Waals surface area contributed by atoms with E-state index in [0.29, 0.717) is 0 Å². The molecule has 0 N–H and O–H groups in total.